The molecule has 0 aliphatic rings. The van der Waals surface area contributed by atoms with Crippen LogP contribution in [0.5, 0.6) is 0 Å². The molecule has 1 N–H and O–H groups in total. The Bertz CT molecular complexity index is 866. The Morgan fingerprint density at radius 3 is 2.92 bits per heavy atom. The first kappa shape index (κ1) is 16.9. The molecule has 0 aliphatic carbocycles. The van der Waals surface area contributed by atoms with E-state index < -0.39 is 18.0 Å². The minimum atomic E-state index is -0.900. The van der Waals surface area contributed by atoms with Crippen LogP contribution in [0.1, 0.15) is 17.7 Å². The van der Waals surface area contributed by atoms with Gasteiger partial charge >= 0.3 is 5.97 Å². The van der Waals surface area contributed by atoms with Gasteiger partial charge in [-0.2, -0.15) is 0 Å². The van der Waals surface area contributed by atoms with Crippen molar-refractivity contribution in [1.29, 1.82) is 0 Å². The number of thiazole rings is 1. The SMILES string of the molecule is CC(OC(=O)C=Cc1nc2ccccc2s1)C(=O)NCc1ccco1. The van der Waals surface area contributed by atoms with Gasteiger partial charge in [-0.3, -0.25) is 4.79 Å². The maximum atomic E-state index is 11.9. The summed E-state index contributed by atoms with van der Waals surface area (Å²) >= 11 is 1.48. The van der Waals surface area contributed by atoms with Crippen LogP contribution in [-0.2, 0) is 20.9 Å². The lowest BCUT2D eigenvalue weighted by Gasteiger charge is -2.11. The Labute approximate surface area is 148 Å². The van der Waals surface area contributed by atoms with Crippen LogP contribution in [0.2, 0.25) is 0 Å². The molecule has 25 heavy (non-hydrogen) atoms. The first-order valence-electron chi connectivity index (χ1n) is 7.66. The van der Waals surface area contributed by atoms with E-state index in [-0.39, 0.29) is 6.54 Å². The Morgan fingerprint density at radius 1 is 1.32 bits per heavy atom. The van der Waals surface area contributed by atoms with Crippen molar-refractivity contribution in [3.8, 4) is 0 Å². The van der Waals surface area contributed by atoms with Gasteiger partial charge in [-0.05, 0) is 37.3 Å². The Kier molecular flexibility index (Phi) is 5.25. The first-order valence-corrected chi connectivity index (χ1v) is 8.48. The number of hydrogen-bond acceptors (Lipinski definition) is 6. The number of hydrogen-bond donors (Lipinski definition) is 1. The summed E-state index contributed by atoms with van der Waals surface area (Å²) in [6.45, 7) is 1.76. The van der Waals surface area contributed by atoms with Gasteiger partial charge in [0.1, 0.15) is 10.8 Å². The molecule has 1 amide bonds. The largest absolute Gasteiger partial charge is 0.467 e. The van der Waals surface area contributed by atoms with Gasteiger partial charge in [0.15, 0.2) is 6.10 Å². The molecule has 128 valence electrons. The van der Waals surface area contributed by atoms with E-state index in [4.69, 9.17) is 9.15 Å². The summed E-state index contributed by atoms with van der Waals surface area (Å²) in [5, 5.41) is 3.34. The molecule has 0 aliphatic heterocycles. The van der Waals surface area contributed by atoms with Crippen molar-refractivity contribution < 1.29 is 18.7 Å². The molecule has 0 spiro atoms. The highest BCUT2D eigenvalue weighted by Crippen LogP contribution is 2.22. The summed E-state index contributed by atoms with van der Waals surface area (Å²) in [5.41, 5.74) is 0.881. The average molecular weight is 356 g/mol. The molecular weight excluding hydrogens is 340 g/mol. The number of fused-ring (bicyclic) bond motifs is 1. The number of carbonyl (C=O) groups excluding carboxylic acids is 2. The number of para-hydroxylation sites is 1. The molecule has 1 unspecified atom stereocenters. The number of amides is 1. The van der Waals surface area contributed by atoms with E-state index in [1.807, 2.05) is 24.3 Å². The van der Waals surface area contributed by atoms with Crippen LogP contribution in [0.4, 0.5) is 0 Å². The molecule has 0 bridgehead atoms. The maximum absolute atomic E-state index is 11.9. The van der Waals surface area contributed by atoms with Crippen LogP contribution >= 0.6 is 11.3 Å². The van der Waals surface area contributed by atoms with Crippen LogP contribution in [0.15, 0.2) is 53.2 Å². The van der Waals surface area contributed by atoms with E-state index in [0.717, 1.165) is 10.2 Å². The van der Waals surface area contributed by atoms with Crippen LogP contribution < -0.4 is 5.32 Å². The molecule has 6 nitrogen and oxygen atoms in total. The number of nitrogens with one attached hydrogen (secondary N) is 1. The minimum absolute atomic E-state index is 0.245. The Balaban J connectivity index is 1.51. The summed E-state index contributed by atoms with van der Waals surface area (Å²) in [4.78, 5) is 28.1. The highest BCUT2D eigenvalue weighted by molar-refractivity contribution is 7.19. The third kappa shape index (κ3) is 4.54. The van der Waals surface area contributed by atoms with E-state index in [0.29, 0.717) is 10.8 Å². The molecule has 0 saturated carbocycles. The number of furan rings is 1. The molecular formula is C18H16N2O4S. The lowest BCUT2D eigenvalue weighted by Crippen LogP contribution is -2.35. The van der Waals surface area contributed by atoms with Crippen molar-refractivity contribution in [2.24, 2.45) is 0 Å². The topological polar surface area (TPSA) is 81.4 Å². The van der Waals surface area contributed by atoms with E-state index >= 15 is 0 Å². The van der Waals surface area contributed by atoms with Gasteiger partial charge in [0.25, 0.3) is 5.91 Å². The average Bonchev–Trinajstić information content (AvgIpc) is 3.26. The molecule has 2 aromatic heterocycles. The van der Waals surface area contributed by atoms with Crippen LogP contribution in [-0.4, -0.2) is 23.0 Å². The minimum Gasteiger partial charge on any atom is -0.467 e. The van der Waals surface area contributed by atoms with Crippen molar-refractivity contribution in [3.05, 3.63) is 59.5 Å². The van der Waals surface area contributed by atoms with Crippen molar-refractivity contribution >= 4 is 39.5 Å². The van der Waals surface area contributed by atoms with Gasteiger partial charge in [-0.1, -0.05) is 12.1 Å². The summed E-state index contributed by atoms with van der Waals surface area (Å²) in [6, 6.07) is 11.2. The summed E-state index contributed by atoms with van der Waals surface area (Å²) < 4.78 is 11.2. The van der Waals surface area contributed by atoms with Crippen molar-refractivity contribution in [2.45, 2.75) is 19.6 Å². The number of esters is 1. The van der Waals surface area contributed by atoms with Gasteiger partial charge in [-0.15, -0.1) is 11.3 Å². The fraction of sp³-hybridized carbons (Fsp3) is 0.167. The monoisotopic (exact) mass is 356 g/mol. The van der Waals surface area contributed by atoms with Crippen molar-refractivity contribution in [1.82, 2.24) is 10.3 Å². The third-order valence-electron chi connectivity index (χ3n) is 3.35. The molecule has 0 saturated heterocycles. The number of carbonyl (C=O) groups is 2. The third-order valence-corrected chi connectivity index (χ3v) is 4.35. The standard InChI is InChI=1S/C18H16N2O4S/c1-12(18(22)19-11-13-5-4-10-23-13)24-17(21)9-8-16-20-14-6-2-3-7-15(14)25-16/h2-10,12H,11H2,1H3,(H,19,22). The number of rotatable bonds is 6. The van der Waals surface area contributed by atoms with Crippen LogP contribution in [0.25, 0.3) is 16.3 Å². The Hall–Kier alpha value is -2.93. The number of benzene rings is 1. The van der Waals surface area contributed by atoms with Gasteiger partial charge in [0, 0.05) is 6.08 Å². The van der Waals surface area contributed by atoms with Gasteiger partial charge in [0.2, 0.25) is 0 Å². The zero-order valence-electron chi connectivity index (χ0n) is 13.5. The maximum Gasteiger partial charge on any atom is 0.331 e. The molecule has 3 aromatic rings. The van der Waals surface area contributed by atoms with Crippen LogP contribution in [0.3, 0.4) is 0 Å². The highest BCUT2D eigenvalue weighted by atomic mass is 32.1. The predicted octanol–water partition coefficient (Wildman–Crippen LogP) is 3.15. The molecule has 1 atom stereocenters. The predicted molar refractivity (Wildman–Crippen MR) is 94.8 cm³/mol. The van der Waals surface area contributed by atoms with Gasteiger partial charge < -0.3 is 14.5 Å². The van der Waals surface area contributed by atoms with E-state index in [2.05, 4.69) is 10.3 Å². The fourth-order valence-corrected chi connectivity index (χ4v) is 2.97. The second kappa shape index (κ2) is 7.76. The lowest BCUT2D eigenvalue weighted by molar-refractivity contribution is -0.150. The van der Waals surface area contributed by atoms with Gasteiger partial charge in [0.05, 0.1) is 23.0 Å². The fourth-order valence-electron chi connectivity index (χ4n) is 2.10. The zero-order valence-corrected chi connectivity index (χ0v) is 14.3. The molecule has 2 heterocycles. The molecule has 0 radical (unpaired) electrons. The number of nitrogens with zero attached hydrogens (tertiary/aromatic N) is 1. The molecule has 3 rings (SSSR count). The smallest absolute Gasteiger partial charge is 0.331 e. The first-order chi connectivity index (χ1) is 12.1. The Morgan fingerprint density at radius 2 is 2.16 bits per heavy atom. The van der Waals surface area contributed by atoms with Crippen molar-refractivity contribution in [3.63, 3.8) is 0 Å². The second-order valence-corrected chi connectivity index (χ2v) is 6.29. The summed E-state index contributed by atoms with van der Waals surface area (Å²) in [6.07, 6.45) is 3.48. The van der Waals surface area contributed by atoms with E-state index in [1.54, 1.807) is 18.2 Å². The zero-order chi connectivity index (χ0) is 17.6. The highest BCUT2D eigenvalue weighted by Gasteiger charge is 2.16. The number of aromatic nitrogens is 1. The second-order valence-electron chi connectivity index (χ2n) is 5.23. The quantitative estimate of drug-likeness (QED) is 0.542. The molecule has 7 heteroatoms. The molecule has 1 aromatic carbocycles. The van der Waals surface area contributed by atoms with Gasteiger partial charge in [-0.25, -0.2) is 9.78 Å². The molecule has 0 fully saturated rings. The number of ether oxygens (including phenoxy) is 1. The summed E-state index contributed by atoms with van der Waals surface area (Å²) in [7, 11) is 0. The van der Waals surface area contributed by atoms with Crippen LogP contribution in [0, 0.1) is 0 Å². The normalized spacial score (nSPS) is 12.4. The van der Waals surface area contributed by atoms with Crippen molar-refractivity contribution in [2.75, 3.05) is 0 Å². The summed E-state index contributed by atoms with van der Waals surface area (Å²) in [5.74, 6) is -0.361. The van der Waals surface area contributed by atoms with E-state index in [9.17, 15) is 9.59 Å². The lowest BCUT2D eigenvalue weighted by atomic mass is 10.3. The van der Waals surface area contributed by atoms with E-state index in [1.165, 1.54) is 30.6 Å².